The van der Waals surface area contributed by atoms with Gasteiger partial charge in [0.05, 0.1) is 0 Å². The summed E-state index contributed by atoms with van der Waals surface area (Å²) in [5, 5.41) is 15.3. The zero-order chi connectivity index (χ0) is 24.2. The molecule has 2 amide bonds. The van der Waals surface area contributed by atoms with Crippen LogP contribution in [-0.4, -0.2) is 43.6 Å². The topological polar surface area (TPSA) is 93.0 Å². The number of halogens is 1. The molecule has 2 aromatic carbocycles. The molecule has 1 heterocycles. The molecule has 9 heteroatoms. The molecule has 1 atom stereocenters. The molecule has 0 saturated heterocycles. The first-order valence-electron chi connectivity index (χ1n) is 10.8. The lowest BCUT2D eigenvalue weighted by Gasteiger charge is -2.32. The molecule has 0 radical (unpaired) electrons. The van der Waals surface area contributed by atoms with Crippen LogP contribution in [-0.2, 0) is 16.1 Å². The number of hydrogen-bond donors (Lipinski definition) is 1. The Bertz CT molecular complexity index is 1100. The maximum absolute atomic E-state index is 13.5. The van der Waals surface area contributed by atoms with Crippen LogP contribution in [0, 0.1) is 12.7 Å². The number of aromatic nitrogens is 4. The monoisotopic (exact) mass is 452 g/mol. The second kappa shape index (κ2) is 9.89. The van der Waals surface area contributed by atoms with E-state index in [1.165, 1.54) is 34.0 Å². The summed E-state index contributed by atoms with van der Waals surface area (Å²) in [4.78, 5) is 29.0. The summed E-state index contributed by atoms with van der Waals surface area (Å²) in [5.41, 5.74) is 1.83. The van der Waals surface area contributed by atoms with Crippen LogP contribution in [0.2, 0.25) is 0 Å². The maximum Gasteiger partial charge on any atom is 0.251 e. The van der Waals surface area contributed by atoms with E-state index in [1.807, 2.05) is 58.9 Å². The second-order valence-electron chi connectivity index (χ2n) is 8.91. The van der Waals surface area contributed by atoms with Crippen LogP contribution >= 0.6 is 0 Å². The third kappa shape index (κ3) is 6.21. The van der Waals surface area contributed by atoms with Gasteiger partial charge in [0.2, 0.25) is 11.7 Å². The van der Waals surface area contributed by atoms with Gasteiger partial charge >= 0.3 is 0 Å². The highest BCUT2D eigenvalue weighted by molar-refractivity contribution is 6.00. The van der Waals surface area contributed by atoms with Crippen LogP contribution in [0.25, 0.3) is 11.4 Å². The highest BCUT2D eigenvalue weighted by Gasteiger charge is 2.32. The Labute approximate surface area is 192 Å². The Kier molecular flexibility index (Phi) is 7.20. The molecule has 3 rings (SSSR count). The zero-order valence-corrected chi connectivity index (χ0v) is 19.5. The van der Waals surface area contributed by atoms with Gasteiger partial charge in [0.25, 0.3) is 5.91 Å². The molecule has 0 aliphatic carbocycles. The molecular formula is C24H29FN6O2. The van der Waals surface area contributed by atoms with Crippen LogP contribution in [0.4, 0.5) is 10.1 Å². The molecule has 0 bridgehead atoms. The van der Waals surface area contributed by atoms with Crippen molar-refractivity contribution in [2.75, 3.05) is 4.90 Å². The summed E-state index contributed by atoms with van der Waals surface area (Å²) < 4.78 is 13.5. The molecule has 174 valence electrons. The summed E-state index contributed by atoms with van der Waals surface area (Å²) in [5.74, 6) is -0.743. The van der Waals surface area contributed by atoms with Crippen molar-refractivity contribution in [1.82, 2.24) is 25.5 Å². The van der Waals surface area contributed by atoms with Crippen molar-refractivity contribution < 1.29 is 14.0 Å². The smallest absolute Gasteiger partial charge is 0.251 e. The number of anilines is 1. The van der Waals surface area contributed by atoms with Crippen LogP contribution in [0.5, 0.6) is 0 Å². The van der Waals surface area contributed by atoms with E-state index >= 15 is 0 Å². The van der Waals surface area contributed by atoms with E-state index in [2.05, 4.69) is 20.7 Å². The molecule has 0 saturated carbocycles. The van der Waals surface area contributed by atoms with E-state index in [9.17, 15) is 14.0 Å². The Morgan fingerprint density at radius 2 is 1.73 bits per heavy atom. The van der Waals surface area contributed by atoms with Gasteiger partial charge in [-0.05, 0) is 63.6 Å². The van der Waals surface area contributed by atoms with Crippen molar-refractivity contribution >= 4 is 17.5 Å². The highest BCUT2D eigenvalue weighted by atomic mass is 19.1. The number of hydrogen-bond acceptors (Lipinski definition) is 5. The van der Waals surface area contributed by atoms with E-state index in [0.29, 0.717) is 17.9 Å². The number of aryl methyl sites for hydroxylation is 1. The fourth-order valence-corrected chi connectivity index (χ4v) is 3.36. The fraction of sp³-hybridized carbons (Fsp3) is 0.375. The van der Waals surface area contributed by atoms with Gasteiger partial charge in [-0.25, -0.2) is 4.39 Å². The van der Waals surface area contributed by atoms with E-state index in [1.54, 1.807) is 0 Å². The Morgan fingerprint density at radius 1 is 1.09 bits per heavy atom. The normalized spacial score (nSPS) is 12.3. The molecule has 3 aromatic rings. The van der Waals surface area contributed by atoms with Crippen molar-refractivity contribution in [2.24, 2.45) is 0 Å². The molecule has 0 spiro atoms. The molecule has 33 heavy (non-hydrogen) atoms. The van der Waals surface area contributed by atoms with E-state index in [0.717, 1.165) is 11.1 Å². The Morgan fingerprint density at radius 3 is 2.30 bits per heavy atom. The average molecular weight is 453 g/mol. The summed E-state index contributed by atoms with van der Waals surface area (Å²) in [6, 6.07) is 12.3. The number of nitrogens with one attached hydrogen (secondary N) is 1. The second-order valence-corrected chi connectivity index (χ2v) is 8.91. The summed E-state index contributed by atoms with van der Waals surface area (Å²) in [7, 11) is 0. The van der Waals surface area contributed by atoms with Gasteiger partial charge in [-0.2, -0.15) is 4.80 Å². The first-order chi connectivity index (χ1) is 15.6. The predicted octanol–water partition coefficient (Wildman–Crippen LogP) is 3.51. The van der Waals surface area contributed by atoms with Gasteiger partial charge < -0.3 is 5.32 Å². The van der Waals surface area contributed by atoms with Crippen molar-refractivity contribution in [3.63, 3.8) is 0 Å². The minimum atomic E-state index is -0.790. The molecule has 8 nitrogen and oxygen atoms in total. The molecule has 0 fully saturated rings. The van der Waals surface area contributed by atoms with Crippen LogP contribution in [0.3, 0.4) is 0 Å². The number of benzene rings is 2. The first kappa shape index (κ1) is 24.0. The highest BCUT2D eigenvalue weighted by Crippen LogP contribution is 2.21. The quantitative estimate of drug-likeness (QED) is 0.592. The minimum absolute atomic E-state index is 0.227. The van der Waals surface area contributed by atoms with Crippen LogP contribution in [0.1, 0.15) is 39.7 Å². The Hall–Kier alpha value is -3.62. The minimum Gasteiger partial charge on any atom is -0.350 e. The summed E-state index contributed by atoms with van der Waals surface area (Å²) >= 11 is 0. The summed E-state index contributed by atoms with van der Waals surface area (Å²) in [6.45, 7) is 9.18. The maximum atomic E-state index is 13.5. The lowest BCUT2D eigenvalue weighted by molar-refractivity contribution is -0.128. The first-order valence-corrected chi connectivity index (χ1v) is 10.8. The number of amides is 2. The van der Waals surface area contributed by atoms with Gasteiger partial charge in [-0.15, -0.1) is 10.2 Å². The number of carbonyl (C=O) groups is 2. The molecule has 0 aliphatic rings. The number of rotatable bonds is 7. The SMILES string of the molecule is CCC(C(=O)NC(C)(C)C)N(C(=O)Cn1nnc(-c2ccc(C)cc2)n1)c1ccc(F)cc1. The van der Waals surface area contributed by atoms with Gasteiger partial charge in [-0.3, -0.25) is 14.5 Å². The van der Waals surface area contributed by atoms with Crippen molar-refractivity contribution in [1.29, 1.82) is 0 Å². The fourth-order valence-electron chi connectivity index (χ4n) is 3.36. The van der Waals surface area contributed by atoms with E-state index in [4.69, 9.17) is 0 Å². The van der Waals surface area contributed by atoms with Crippen molar-refractivity contribution in [3.8, 4) is 11.4 Å². The molecular weight excluding hydrogens is 423 g/mol. The van der Waals surface area contributed by atoms with Crippen LogP contribution in [0.15, 0.2) is 48.5 Å². The van der Waals surface area contributed by atoms with Gasteiger partial charge in [0, 0.05) is 16.8 Å². The van der Waals surface area contributed by atoms with Gasteiger partial charge in [-0.1, -0.05) is 36.8 Å². The summed E-state index contributed by atoms with van der Waals surface area (Å²) in [6.07, 6.45) is 0.366. The lowest BCUT2D eigenvalue weighted by Crippen LogP contribution is -2.54. The number of tetrazole rings is 1. The number of nitrogens with zero attached hydrogens (tertiary/aromatic N) is 5. The van der Waals surface area contributed by atoms with Crippen molar-refractivity contribution in [2.45, 2.75) is 59.2 Å². The third-order valence-electron chi connectivity index (χ3n) is 4.91. The number of carbonyl (C=O) groups excluding carboxylic acids is 2. The molecule has 0 aliphatic heterocycles. The molecule has 1 N–H and O–H groups in total. The van der Waals surface area contributed by atoms with Crippen molar-refractivity contribution in [3.05, 3.63) is 59.9 Å². The largest absolute Gasteiger partial charge is 0.350 e. The third-order valence-corrected chi connectivity index (χ3v) is 4.91. The standard InChI is InChI=1S/C24H29FN6O2/c1-6-20(23(33)26-24(3,4)5)31(19-13-11-18(25)12-14-19)21(32)15-30-28-22(27-29-30)17-9-7-16(2)8-10-17/h7-14,20H,6,15H2,1-5H3,(H,26,33). The lowest BCUT2D eigenvalue weighted by atomic mass is 10.1. The zero-order valence-electron chi connectivity index (χ0n) is 19.5. The van der Waals surface area contributed by atoms with Crippen LogP contribution < -0.4 is 10.2 Å². The van der Waals surface area contributed by atoms with E-state index < -0.39 is 23.3 Å². The molecule has 1 aromatic heterocycles. The Balaban J connectivity index is 1.88. The predicted molar refractivity (Wildman–Crippen MR) is 124 cm³/mol. The van der Waals surface area contributed by atoms with Gasteiger partial charge in [0.1, 0.15) is 18.4 Å². The average Bonchev–Trinajstić information content (AvgIpc) is 3.20. The van der Waals surface area contributed by atoms with Gasteiger partial charge in [0.15, 0.2) is 0 Å². The molecule has 1 unspecified atom stereocenters. The van der Waals surface area contributed by atoms with E-state index in [-0.39, 0.29) is 12.5 Å².